The molecule has 1 aliphatic carbocycles. The van der Waals surface area contributed by atoms with Crippen LogP contribution in [0.5, 0.6) is 0 Å². The van der Waals surface area contributed by atoms with Crippen molar-refractivity contribution in [3.63, 3.8) is 0 Å². The first-order valence-electron chi connectivity index (χ1n) is 21.0. The Morgan fingerprint density at radius 1 is 0.317 bits per heavy atom. The summed E-state index contributed by atoms with van der Waals surface area (Å²) in [4.78, 5) is 0. The largest absolute Gasteiger partial charge is 0.455 e. The molecule has 60 heavy (non-hydrogen) atoms. The molecule has 11 aromatic carbocycles. The average molecular weight is 763 g/mol. The molecule has 0 unspecified atom stereocenters. The highest BCUT2D eigenvalue weighted by molar-refractivity contribution is 6.24. The lowest BCUT2D eigenvalue weighted by Crippen LogP contribution is -2.14. The van der Waals surface area contributed by atoms with E-state index < -0.39 is 0 Å². The Hall–Kier alpha value is -7.48. The third kappa shape index (κ3) is 4.69. The minimum Gasteiger partial charge on any atom is -0.455 e. The van der Waals surface area contributed by atoms with Crippen molar-refractivity contribution in [2.24, 2.45) is 0 Å². The molecule has 0 saturated carbocycles. The van der Waals surface area contributed by atoms with Gasteiger partial charge in [0.2, 0.25) is 0 Å². The van der Waals surface area contributed by atoms with Gasteiger partial charge in [-0.1, -0.05) is 166 Å². The smallest absolute Gasteiger partial charge is 0.143 e. The van der Waals surface area contributed by atoms with E-state index >= 15 is 0 Å². The molecule has 0 radical (unpaired) electrons. The summed E-state index contributed by atoms with van der Waals surface area (Å²) in [7, 11) is 0. The van der Waals surface area contributed by atoms with E-state index in [1.807, 2.05) is 6.07 Å². The lowest BCUT2D eigenvalue weighted by atomic mass is 9.81. The first-order valence-corrected chi connectivity index (χ1v) is 21.0. The minimum absolute atomic E-state index is 0.132. The number of hydrogen-bond acceptors (Lipinski definition) is 1. The predicted octanol–water partition coefficient (Wildman–Crippen LogP) is 16.7. The summed E-state index contributed by atoms with van der Waals surface area (Å²) >= 11 is 0. The Kier molecular flexibility index (Phi) is 6.85. The van der Waals surface area contributed by atoms with Crippen LogP contribution >= 0.6 is 0 Å². The molecule has 1 aromatic heterocycles. The normalized spacial score (nSPS) is 13.3. The summed E-state index contributed by atoms with van der Waals surface area (Å²) in [6, 6.07) is 72.0. The zero-order valence-corrected chi connectivity index (χ0v) is 33.4. The summed E-state index contributed by atoms with van der Waals surface area (Å²) in [5, 5.41) is 14.8. The van der Waals surface area contributed by atoms with Crippen LogP contribution in [0.4, 0.5) is 0 Å². The SMILES string of the molecule is CC1(C)c2ccc(-c3ccc4cc(-c5c6ccccc6c(-c6cccc7ccccc67)c6ccccc56)ccc4c3)cc2-c2cc3ccc4c5ccccc5oc4c3cc21. The third-order valence-corrected chi connectivity index (χ3v) is 13.6. The van der Waals surface area contributed by atoms with Gasteiger partial charge in [-0.3, -0.25) is 0 Å². The van der Waals surface area contributed by atoms with E-state index in [0.29, 0.717) is 0 Å². The molecule has 0 fully saturated rings. The predicted molar refractivity (Wildman–Crippen MR) is 255 cm³/mol. The van der Waals surface area contributed by atoms with E-state index in [1.54, 1.807) is 0 Å². The van der Waals surface area contributed by atoms with Crippen LogP contribution in [0.25, 0.3) is 120 Å². The van der Waals surface area contributed by atoms with Crippen LogP contribution in [0.1, 0.15) is 25.0 Å². The Morgan fingerprint density at radius 3 is 1.65 bits per heavy atom. The lowest BCUT2D eigenvalue weighted by molar-refractivity contribution is 0.660. The number of furan rings is 1. The second kappa shape index (κ2) is 12.3. The summed E-state index contributed by atoms with van der Waals surface area (Å²) in [5.74, 6) is 0. The van der Waals surface area contributed by atoms with E-state index in [4.69, 9.17) is 4.42 Å². The first kappa shape index (κ1) is 33.5. The molecule has 0 bridgehead atoms. The van der Waals surface area contributed by atoms with Crippen LogP contribution in [-0.4, -0.2) is 0 Å². The van der Waals surface area contributed by atoms with Crippen molar-refractivity contribution in [3.05, 3.63) is 205 Å². The number of para-hydroxylation sites is 1. The number of fused-ring (bicyclic) bond motifs is 12. The van der Waals surface area contributed by atoms with Crippen molar-refractivity contribution in [2.75, 3.05) is 0 Å². The van der Waals surface area contributed by atoms with Crippen LogP contribution in [0.3, 0.4) is 0 Å². The number of hydrogen-bond donors (Lipinski definition) is 0. The quantitative estimate of drug-likeness (QED) is 0.163. The van der Waals surface area contributed by atoms with Gasteiger partial charge in [0.15, 0.2) is 0 Å². The molecule has 1 heteroatoms. The van der Waals surface area contributed by atoms with Gasteiger partial charge in [-0.15, -0.1) is 0 Å². The fourth-order valence-corrected chi connectivity index (χ4v) is 10.7. The molecule has 1 nitrogen and oxygen atoms in total. The fraction of sp³-hybridized carbons (Fsp3) is 0.0508. The van der Waals surface area contributed by atoms with Gasteiger partial charge in [-0.05, 0) is 147 Å². The zero-order chi connectivity index (χ0) is 39.7. The summed E-state index contributed by atoms with van der Waals surface area (Å²) in [5.41, 5.74) is 14.7. The van der Waals surface area contributed by atoms with Gasteiger partial charge in [-0.2, -0.15) is 0 Å². The van der Waals surface area contributed by atoms with Gasteiger partial charge in [0.25, 0.3) is 0 Å². The second-order valence-corrected chi connectivity index (χ2v) is 17.2. The Bertz CT molecular complexity index is 3740. The van der Waals surface area contributed by atoms with E-state index in [-0.39, 0.29) is 5.41 Å². The summed E-state index contributed by atoms with van der Waals surface area (Å²) in [6.07, 6.45) is 0. The maximum Gasteiger partial charge on any atom is 0.143 e. The monoisotopic (exact) mass is 762 g/mol. The van der Waals surface area contributed by atoms with Crippen LogP contribution < -0.4 is 0 Å². The summed E-state index contributed by atoms with van der Waals surface area (Å²) < 4.78 is 6.49. The number of rotatable bonds is 3. The fourth-order valence-electron chi connectivity index (χ4n) is 10.7. The average Bonchev–Trinajstić information content (AvgIpc) is 3.78. The van der Waals surface area contributed by atoms with Gasteiger partial charge >= 0.3 is 0 Å². The van der Waals surface area contributed by atoms with Crippen LogP contribution in [0.15, 0.2) is 199 Å². The van der Waals surface area contributed by atoms with E-state index in [1.165, 1.54) is 120 Å². The lowest BCUT2D eigenvalue weighted by Gasteiger charge is -2.22. The van der Waals surface area contributed by atoms with Crippen molar-refractivity contribution < 1.29 is 4.42 Å². The highest BCUT2D eigenvalue weighted by Gasteiger charge is 2.36. The molecular formula is C59H38O. The molecule has 0 saturated heterocycles. The molecule has 12 aromatic rings. The molecule has 0 atom stereocenters. The van der Waals surface area contributed by atoms with Gasteiger partial charge in [0.05, 0.1) is 0 Å². The molecule has 0 aliphatic heterocycles. The second-order valence-electron chi connectivity index (χ2n) is 17.2. The molecule has 280 valence electrons. The Morgan fingerprint density at radius 2 is 0.883 bits per heavy atom. The van der Waals surface area contributed by atoms with Crippen molar-refractivity contribution in [3.8, 4) is 44.5 Å². The van der Waals surface area contributed by atoms with Crippen molar-refractivity contribution >= 4 is 75.8 Å². The summed E-state index contributed by atoms with van der Waals surface area (Å²) in [6.45, 7) is 4.72. The van der Waals surface area contributed by atoms with Crippen LogP contribution in [0.2, 0.25) is 0 Å². The highest BCUT2D eigenvalue weighted by atomic mass is 16.3. The van der Waals surface area contributed by atoms with Gasteiger partial charge in [0.1, 0.15) is 11.2 Å². The third-order valence-electron chi connectivity index (χ3n) is 13.6. The Labute approximate surface area is 347 Å². The van der Waals surface area contributed by atoms with Gasteiger partial charge in [-0.25, -0.2) is 0 Å². The molecule has 0 N–H and O–H groups in total. The van der Waals surface area contributed by atoms with Crippen molar-refractivity contribution in [1.29, 1.82) is 0 Å². The zero-order valence-electron chi connectivity index (χ0n) is 33.4. The van der Waals surface area contributed by atoms with Crippen molar-refractivity contribution in [1.82, 2.24) is 0 Å². The molecule has 0 amide bonds. The van der Waals surface area contributed by atoms with Crippen LogP contribution in [0, 0.1) is 0 Å². The van der Waals surface area contributed by atoms with Crippen molar-refractivity contribution in [2.45, 2.75) is 19.3 Å². The molecule has 1 aliphatic rings. The van der Waals surface area contributed by atoms with E-state index in [2.05, 4.69) is 202 Å². The Balaban J connectivity index is 0.925. The van der Waals surface area contributed by atoms with Crippen LogP contribution in [-0.2, 0) is 5.41 Å². The highest BCUT2D eigenvalue weighted by Crippen LogP contribution is 2.52. The molecule has 0 spiro atoms. The minimum atomic E-state index is -0.132. The topological polar surface area (TPSA) is 13.1 Å². The standard InChI is InChI=1S/C59H38O/c1-59(2)53-29-27-39(32-51(53)52-33-40-26-28-49-43-15-9-10-21-55(43)60-58(49)50(40)34-54(52)59)37-22-23-38-31-41(25-24-36(38)30-37)56-45-16-5-7-18-47(45)57(48-19-8-6-17-46(48)56)44-20-11-13-35-12-3-4-14-42(35)44/h3-34H,1-2H3. The maximum absolute atomic E-state index is 6.49. The van der Waals surface area contributed by atoms with Gasteiger partial charge < -0.3 is 4.42 Å². The molecular weight excluding hydrogens is 725 g/mol. The molecule has 1 heterocycles. The first-order chi connectivity index (χ1) is 29.5. The van der Waals surface area contributed by atoms with E-state index in [9.17, 15) is 0 Å². The van der Waals surface area contributed by atoms with E-state index in [0.717, 1.165) is 11.2 Å². The number of benzene rings is 11. The van der Waals surface area contributed by atoms with Gasteiger partial charge in [0, 0.05) is 21.6 Å². The maximum atomic E-state index is 6.49. The molecule has 13 rings (SSSR count).